The molecule has 0 saturated heterocycles. The molecule has 0 fully saturated rings. The highest BCUT2D eigenvalue weighted by atomic mass is 19.4. The molecule has 1 heterocycles. The van der Waals surface area contributed by atoms with Crippen molar-refractivity contribution in [2.45, 2.75) is 12.7 Å². The van der Waals surface area contributed by atoms with Crippen LogP contribution < -0.4 is 0 Å². The number of aromatic nitrogens is 2. The minimum atomic E-state index is -4.30. The van der Waals surface area contributed by atoms with Crippen LogP contribution in [0.4, 0.5) is 13.2 Å². The van der Waals surface area contributed by atoms with Gasteiger partial charge in [0.05, 0.1) is 11.8 Å². The number of aldehydes is 1. The van der Waals surface area contributed by atoms with E-state index in [9.17, 15) is 18.0 Å². The fourth-order valence-electron chi connectivity index (χ4n) is 0.711. The third kappa shape index (κ3) is 2.37. The highest BCUT2D eigenvalue weighted by Crippen LogP contribution is 2.16. The molecule has 12 heavy (non-hydrogen) atoms. The van der Waals surface area contributed by atoms with E-state index >= 15 is 0 Å². The van der Waals surface area contributed by atoms with Crippen LogP contribution in [0.2, 0.25) is 0 Å². The fraction of sp³-hybridized carbons (Fsp3) is 0.333. The zero-order valence-electron chi connectivity index (χ0n) is 5.88. The molecule has 0 atom stereocenters. The molecule has 0 aromatic carbocycles. The summed E-state index contributed by atoms with van der Waals surface area (Å²) >= 11 is 0. The maximum atomic E-state index is 11.7. The van der Waals surface area contributed by atoms with Crippen LogP contribution in [0.25, 0.3) is 0 Å². The molecule has 1 aromatic heterocycles. The summed E-state index contributed by atoms with van der Waals surface area (Å²) in [6.07, 6.45) is -1.73. The second-order valence-electron chi connectivity index (χ2n) is 2.20. The summed E-state index contributed by atoms with van der Waals surface area (Å²) < 4.78 is 35.8. The SMILES string of the molecule is O=Cc1cnn(CC(F)(F)F)c1. The Morgan fingerprint density at radius 1 is 1.58 bits per heavy atom. The Morgan fingerprint density at radius 3 is 2.67 bits per heavy atom. The molecule has 0 saturated carbocycles. The normalized spacial score (nSPS) is 11.6. The molecule has 0 aliphatic heterocycles. The molecular weight excluding hydrogens is 173 g/mol. The Hall–Kier alpha value is -1.33. The highest BCUT2D eigenvalue weighted by Gasteiger charge is 2.28. The molecular formula is C6H5F3N2O. The lowest BCUT2D eigenvalue weighted by atomic mass is 10.4. The minimum Gasteiger partial charge on any atom is -0.298 e. The first-order chi connectivity index (χ1) is 5.51. The Labute approximate surface area is 65.8 Å². The van der Waals surface area contributed by atoms with Crippen molar-refractivity contribution in [3.05, 3.63) is 18.0 Å². The highest BCUT2D eigenvalue weighted by molar-refractivity contribution is 5.73. The number of hydrogen-bond acceptors (Lipinski definition) is 2. The fourth-order valence-corrected chi connectivity index (χ4v) is 0.711. The molecule has 0 spiro atoms. The summed E-state index contributed by atoms with van der Waals surface area (Å²) in [5.74, 6) is 0. The minimum absolute atomic E-state index is 0.138. The van der Waals surface area contributed by atoms with Gasteiger partial charge in [0.1, 0.15) is 6.54 Å². The largest absolute Gasteiger partial charge is 0.408 e. The van der Waals surface area contributed by atoms with Gasteiger partial charge in [-0.1, -0.05) is 0 Å². The van der Waals surface area contributed by atoms with E-state index in [0.29, 0.717) is 11.0 Å². The Morgan fingerprint density at radius 2 is 2.25 bits per heavy atom. The van der Waals surface area contributed by atoms with Gasteiger partial charge in [-0.15, -0.1) is 0 Å². The van der Waals surface area contributed by atoms with Crippen LogP contribution >= 0.6 is 0 Å². The van der Waals surface area contributed by atoms with Crippen molar-refractivity contribution in [2.24, 2.45) is 0 Å². The summed E-state index contributed by atoms with van der Waals surface area (Å²) in [6, 6.07) is 0. The van der Waals surface area contributed by atoms with Gasteiger partial charge < -0.3 is 0 Å². The van der Waals surface area contributed by atoms with E-state index in [1.54, 1.807) is 0 Å². The van der Waals surface area contributed by atoms with Crippen LogP contribution in [0, 0.1) is 0 Å². The van der Waals surface area contributed by atoms with E-state index in [1.807, 2.05) is 0 Å². The second-order valence-corrected chi connectivity index (χ2v) is 2.20. The maximum absolute atomic E-state index is 11.7. The van der Waals surface area contributed by atoms with E-state index in [4.69, 9.17) is 0 Å². The number of carbonyl (C=O) groups is 1. The van der Waals surface area contributed by atoms with E-state index in [1.165, 1.54) is 0 Å². The second kappa shape index (κ2) is 2.96. The van der Waals surface area contributed by atoms with Gasteiger partial charge in [0.15, 0.2) is 6.29 Å². The third-order valence-electron chi connectivity index (χ3n) is 1.13. The summed E-state index contributed by atoms with van der Waals surface area (Å²) in [4.78, 5) is 10.1. The van der Waals surface area contributed by atoms with E-state index in [2.05, 4.69) is 5.10 Å². The van der Waals surface area contributed by atoms with Crippen molar-refractivity contribution in [3.63, 3.8) is 0 Å². The first-order valence-corrected chi connectivity index (χ1v) is 3.05. The first-order valence-electron chi connectivity index (χ1n) is 3.05. The average molecular weight is 178 g/mol. The van der Waals surface area contributed by atoms with Gasteiger partial charge in [-0.2, -0.15) is 18.3 Å². The van der Waals surface area contributed by atoms with Crippen molar-refractivity contribution < 1.29 is 18.0 Å². The number of rotatable bonds is 2. The predicted octanol–water partition coefficient (Wildman–Crippen LogP) is 1.26. The molecule has 0 amide bonds. The first kappa shape index (κ1) is 8.76. The summed E-state index contributed by atoms with van der Waals surface area (Å²) in [7, 11) is 0. The van der Waals surface area contributed by atoms with Gasteiger partial charge in [-0.25, -0.2) is 0 Å². The Bertz CT molecular complexity index is 279. The van der Waals surface area contributed by atoms with Gasteiger partial charge in [0.25, 0.3) is 0 Å². The lowest BCUT2D eigenvalue weighted by Crippen LogP contribution is -2.17. The Balaban J connectivity index is 2.70. The molecule has 3 nitrogen and oxygen atoms in total. The van der Waals surface area contributed by atoms with Gasteiger partial charge >= 0.3 is 6.18 Å². The van der Waals surface area contributed by atoms with Crippen LogP contribution in [0.3, 0.4) is 0 Å². The van der Waals surface area contributed by atoms with Gasteiger partial charge in [0.2, 0.25) is 0 Å². The van der Waals surface area contributed by atoms with E-state index in [-0.39, 0.29) is 5.56 Å². The van der Waals surface area contributed by atoms with Gasteiger partial charge in [-0.3, -0.25) is 9.48 Å². The molecule has 6 heteroatoms. The topological polar surface area (TPSA) is 34.9 Å². The van der Waals surface area contributed by atoms with Gasteiger partial charge in [-0.05, 0) is 0 Å². The van der Waals surface area contributed by atoms with Crippen LogP contribution in [0.1, 0.15) is 10.4 Å². The maximum Gasteiger partial charge on any atom is 0.408 e. The molecule has 0 aliphatic rings. The molecule has 0 radical (unpaired) electrons. The number of hydrogen-bond donors (Lipinski definition) is 0. The zero-order chi connectivity index (χ0) is 9.19. The van der Waals surface area contributed by atoms with Crippen molar-refractivity contribution in [1.82, 2.24) is 9.78 Å². The number of halogens is 3. The predicted molar refractivity (Wildman–Crippen MR) is 33.7 cm³/mol. The molecule has 0 bridgehead atoms. The molecule has 0 N–H and O–H groups in total. The molecule has 66 valence electrons. The van der Waals surface area contributed by atoms with Crippen LogP contribution in [0.5, 0.6) is 0 Å². The van der Waals surface area contributed by atoms with Crippen molar-refractivity contribution in [2.75, 3.05) is 0 Å². The quantitative estimate of drug-likeness (QED) is 0.639. The monoisotopic (exact) mass is 178 g/mol. The number of alkyl halides is 3. The van der Waals surface area contributed by atoms with E-state index < -0.39 is 12.7 Å². The summed E-state index contributed by atoms with van der Waals surface area (Å²) in [6.45, 7) is -1.17. The van der Waals surface area contributed by atoms with Crippen molar-refractivity contribution in [1.29, 1.82) is 0 Å². The lowest BCUT2D eigenvalue weighted by molar-refractivity contribution is -0.142. The summed E-state index contributed by atoms with van der Waals surface area (Å²) in [5.41, 5.74) is 0.138. The summed E-state index contributed by atoms with van der Waals surface area (Å²) in [5, 5.41) is 3.34. The number of nitrogens with zero attached hydrogens (tertiary/aromatic N) is 2. The smallest absolute Gasteiger partial charge is 0.298 e. The van der Waals surface area contributed by atoms with Crippen LogP contribution in [-0.2, 0) is 6.54 Å². The third-order valence-corrected chi connectivity index (χ3v) is 1.13. The Kier molecular flexibility index (Phi) is 2.16. The number of carbonyl (C=O) groups excluding carboxylic acids is 1. The van der Waals surface area contributed by atoms with Crippen molar-refractivity contribution >= 4 is 6.29 Å². The lowest BCUT2D eigenvalue weighted by Gasteiger charge is -2.04. The van der Waals surface area contributed by atoms with Crippen LogP contribution in [0.15, 0.2) is 12.4 Å². The molecule has 0 unspecified atom stereocenters. The zero-order valence-corrected chi connectivity index (χ0v) is 5.88. The van der Waals surface area contributed by atoms with Gasteiger partial charge in [0, 0.05) is 6.20 Å². The average Bonchev–Trinajstić information content (AvgIpc) is 2.32. The van der Waals surface area contributed by atoms with Crippen LogP contribution in [-0.4, -0.2) is 22.2 Å². The molecule has 1 aromatic rings. The molecule has 0 aliphatic carbocycles. The van der Waals surface area contributed by atoms with Crippen molar-refractivity contribution in [3.8, 4) is 0 Å². The molecule has 1 rings (SSSR count). The van der Waals surface area contributed by atoms with E-state index in [0.717, 1.165) is 12.4 Å². The standard InChI is InChI=1S/C6H5F3N2O/c7-6(8,9)4-11-2-5(3-12)1-10-11/h1-3H,4H2.